The first kappa shape index (κ1) is 72.6. The third kappa shape index (κ3) is 54.1. The van der Waals surface area contributed by atoms with E-state index in [0.717, 1.165) is 103 Å². The molecule has 0 aromatic heterocycles. The van der Waals surface area contributed by atoms with Crippen molar-refractivity contribution in [1.29, 1.82) is 0 Å². The Kier molecular flexibility index (Phi) is 58.7. The predicted molar refractivity (Wildman–Crippen MR) is 293 cm³/mol. The first-order chi connectivity index (χ1) is 34.6. The van der Waals surface area contributed by atoms with E-state index in [1.807, 2.05) is 19.6 Å². The molecule has 0 spiro atoms. The number of ether oxygens (including phenoxy) is 7. The number of unbranched alkanes of at least 4 members (excludes halogenated alkanes) is 9. The minimum Gasteiger partial charge on any atom is -0.464 e. The Morgan fingerprint density at radius 3 is 1.33 bits per heavy atom. The molecule has 0 rings (SSSR count). The molecule has 1 unspecified atom stereocenters. The van der Waals surface area contributed by atoms with Crippen LogP contribution in [-0.4, -0.2) is 126 Å². The normalized spacial score (nSPS) is 10.9. The number of hydroxylamine groups is 1. The lowest BCUT2D eigenvalue weighted by molar-refractivity contribution is -0.150. The number of rotatable bonds is 42. The maximum Gasteiger partial charge on any atom is 0.307 e. The van der Waals surface area contributed by atoms with Crippen molar-refractivity contribution in [2.45, 2.75) is 234 Å². The summed E-state index contributed by atoms with van der Waals surface area (Å²) in [6.07, 6.45) is 20.0. The van der Waals surface area contributed by atoms with Crippen molar-refractivity contribution >= 4 is 17.9 Å². The second-order valence-corrected chi connectivity index (χ2v) is 17.6. The SMILES string of the molecule is C.CCCC#CCOC(CCCCC(=O)OCC(COC(=O)CCCCC(OCC#CCCC)OCC#CCCC)NCCCN(C)C)OCC#CCCC.CCCCCCC(CCC)OC(=O)CCNO.[HH]. The molecule has 14 nitrogen and oxygen atoms in total. The van der Waals surface area contributed by atoms with Gasteiger partial charge in [0.1, 0.15) is 45.7 Å². The lowest BCUT2D eigenvalue weighted by Gasteiger charge is -2.20. The number of esters is 3. The fraction of sp³-hybridized carbons (Fsp3) is 0.810. The second kappa shape index (κ2) is 58.2. The summed E-state index contributed by atoms with van der Waals surface area (Å²) in [5.41, 5.74) is 1.96. The molecule has 0 saturated heterocycles. The summed E-state index contributed by atoms with van der Waals surface area (Å²) in [7, 11) is 4.05. The van der Waals surface area contributed by atoms with Crippen molar-refractivity contribution in [2.75, 3.05) is 73.4 Å². The van der Waals surface area contributed by atoms with Gasteiger partial charge in [0.25, 0.3) is 0 Å². The molecule has 0 saturated carbocycles. The number of nitrogens with one attached hydrogen (secondary N) is 2. The molecule has 3 N–H and O–H groups in total. The monoisotopic (exact) mass is 1020 g/mol. The Labute approximate surface area is 441 Å². The average Bonchev–Trinajstić information content (AvgIpc) is 3.35. The second-order valence-electron chi connectivity index (χ2n) is 17.6. The number of carbonyl (C=O) groups excluding carboxylic acids is 3. The number of carbonyl (C=O) groups is 3. The van der Waals surface area contributed by atoms with Gasteiger partial charge >= 0.3 is 17.9 Å². The highest BCUT2D eigenvalue weighted by atomic mass is 16.7. The Morgan fingerprint density at radius 1 is 0.500 bits per heavy atom. The fourth-order valence-electron chi connectivity index (χ4n) is 6.37. The van der Waals surface area contributed by atoms with Gasteiger partial charge in [-0.3, -0.25) is 14.4 Å². The van der Waals surface area contributed by atoms with E-state index in [9.17, 15) is 14.4 Å². The molecule has 0 aliphatic rings. The first-order valence-corrected chi connectivity index (χ1v) is 27.1. The van der Waals surface area contributed by atoms with Gasteiger partial charge in [-0.15, -0.1) is 23.7 Å². The van der Waals surface area contributed by atoms with Crippen molar-refractivity contribution < 1.29 is 54.2 Å². The summed E-state index contributed by atoms with van der Waals surface area (Å²) in [6.45, 7) is 16.0. The topological polar surface area (TPSA) is 163 Å². The van der Waals surface area contributed by atoms with E-state index in [0.29, 0.717) is 58.7 Å². The van der Waals surface area contributed by atoms with E-state index >= 15 is 0 Å². The van der Waals surface area contributed by atoms with Crippen LogP contribution in [-0.2, 0) is 47.5 Å². The number of nitrogens with zero attached hydrogens (tertiary/aromatic N) is 1. The fourth-order valence-corrected chi connectivity index (χ4v) is 6.37. The van der Waals surface area contributed by atoms with Crippen LogP contribution in [0.5, 0.6) is 0 Å². The van der Waals surface area contributed by atoms with Crippen LogP contribution in [0.2, 0.25) is 0 Å². The van der Waals surface area contributed by atoms with Crippen molar-refractivity contribution in [2.24, 2.45) is 0 Å². The molecule has 0 fully saturated rings. The molecule has 0 aromatic rings. The molecule has 0 aromatic carbocycles. The minimum atomic E-state index is -0.424. The zero-order chi connectivity index (χ0) is 52.7. The minimum absolute atomic E-state index is 0. The molecule has 0 aliphatic heterocycles. The zero-order valence-electron chi connectivity index (χ0n) is 45.8. The number of hydrogen-bond acceptors (Lipinski definition) is 14. The van der Waals surface area contributed by atoms with Gasteiger partial charge in [0, 0.05) is 46.5 Å². The quantitative estimate of drug-likeness (QED) is 0.0132. The molecule has 0 aliphatic carbocycles. The molecule has 0 radical (unpaired) electrons. The van der Waals surface area contributed by atoms with Crippen molar-refractivity contribution in [3.8, 4) is 47.4 Å². The summed E-state index contributed by atoms with van der Waals surface area (Å²) in [5, 5.41) is 11.8. The van der Waals surface area contributed by atoms with Crippen molar-refractivity contribution in [3.05, 3.63) is 0 Å². The lowest BCUT2D eigenvalue weighted by Crippen LogP contribution is -2.40. The van der Waals surface area contributed by atoms with Crippen LogP contribution in [0.4, 0.5) is 0 Å². The van der Waals surface area contributed by atoms with Crippen molar-refractivity contribution in [3.63, 3.8) is 0 Å². The van der Waals surface area contributed by atoms with Gasteiger partial charge in [-0.25, -0.2) is 5.48 Å². The highest BCUT2D eigenvalue weighted by molar-refractivity contribution is 5.70. The first-order valence-electron chi connectivity index (χ1n) is 27.1. The molecule has 0 heterocycles. The Balaban J connectivity index is -0.00000106. The van der Waals surface area contributed by atoms with E-state index in [1.54, 1.807) is 0 Å². The van der Waals surface area contributed by atoms with Crippen LogP contribution in [0.1, 0.15) is 211 Å². The van der Waals surface area contributed by atoms with Gasteiger partial charge in [0.15, 0.2) is 12.6 Å². The summed E-state index contributed by atoms with van der Waals surface area (Å²) >= 11 is 0. The van der Waals surface area contributed by atoms with Crippen LogP contribution in [0.3, 0.4) is 0 Å². The molecular formula is C58H105N3O11. The van der Waals surface area contributed by atoms with Crippen LogP contribution in [0, 0.1) is 47.4 Å². The third-order valence-corrected chi connectivity index (χ3v) is 10.3. The van der Waals surface area contributed by atoms with Gasteiger partial charge in [-0.2, -0.15) is 0 Å². The molecule has 0 bridgehead atoms. The Bertz CT molecular complexity index is 1380. The van der Waals surface area contributed by atoms with E-state index in [-0.39, 0.29) is 77.9 Å². The highest BCUT2D eigenvalue weighted by Gasteiger charge is 2.17. The van der Waals surface area contributed by atoms with Gasteiger partial charge in [0.2, 0.25) is 0 Å². The van der Waals surface area contributed by atoms with E-state index in [2.05, 4.69) is 99.1 Å². The maximum atomic E-state index is 12.6. The van der Waals surface area contributed by atoms with Crippen LogP contribution < -0.4 is 10.8 Å². The van der Waals surface area contributed by atoms with Gasteiger partial charge in [-0.05, 0) is 117 Å². The van der Waals surface area contributed by atoms with E-state index < -0.39 is 12.6 Å². The number of hydrogen-bond donors (Lipinski definition) is 3. The van der Waals surface area contributed by atoms with E-state index in [4.69, 9.17) is 38.4 Å². The van der Waals surface area contributed by atoms with Crippen molar-refractivity contribution in [1.82, 2.24) is 15.7 Å². The molecule has 14 heteroatoms. The zero-order valence-corrected chi connectivity index (χ0v) is 45.8. The lowest BCUT2D eigenvalue weighted by atomic mass is 10.1. The van der Waals surface area contributed by atoms with Crippen LogP contribution in [0.15, 0.2) is 0 Å². The van der Waals surface area contributed by atoms with Gasteiger partial charge < -0.3 is 48.6 Å². The maximum absolute atomic E-state index is 12.6. The molecule has 1 atom stereocenters. The third-order valence-electron chi connectivity index (χ3n) is 10.3. The van der Waals surface area contributed by atoms with E-state index in [1.165, 1.54) is 19.3 Å². The largest absolute Gasteiger partial charge is 0.464 e. The molecular weight excluding hydrogens is 915 g/mol. The van der Waals surface area contributed by atoms with Crippen LogP contribution in [0.25, 0.3) is 0 Å². The Morgan fingerprint density at radius 2 is 0.944 bits per heavy atom. The molecule has 72 heavy (non-hydrogen) atoms. The summed E-state index contributed by atoms with van der Waals surface area (Å²) in [5.74, 6) is 23.6. The Hall–Kier alpha value is -3.67. The predicted octanol–water partition coefficient (Wildman–Crippen LogP) is 11.0. The van der Waals surface area contributed by atoms with Gasteiger partial charge in [-0.1, -0.05) is 98.3 Å². The highest BCUT2D eigenvalue weighted by Crippen LogP contribution is 2.14. The smallest absolute Gasteiger partial charge is 0.307 e. The summed E-state index contributed by atoms with van der Waals surface area (Å²) < 4.78 is 39.9. The standard InChI is InChI=1S/C44H72N2O8.C13H27NO3.CH4.H2/c1-7-11-15-23-34-49-43(50-35-24-16-12-8-2)30-21-19-28-41(47)53-38-40(45-32-27-33-46(5)6)39-54-42(48)29-20-22-31-44(51-36-25-17-13-9-3)52-37-26-18-14-10-4;1-3-5-6-7-9-12(8-4-2)17-13(15)10-11-14-16;;/h40,43-45H,7-14,19-22,27-39H2,1-6H3;12,14,16H,3-11H2,1-2H3;1H4;1H. The summed E-state index contributed by atoms with van der Waals surface area (Å²) in [4.78, 5) is 38.8. The molecule has 418 valence electrons. The van der Waals surface area contributed by atoms with Gasteiger partial charge in [0.05, 0.1) is 12.5 Å². The van der Waals surface area contributed by atoms with Crippen LogP contribution >= 0.6 is 0 Å². The summed E-state index contributed by atoms with van der Waals surface area (Å²) in [6, 6.07) is -0.303. The molecule has 0 amide bonds. The average molecular weight is 1020 g/mol.